The fraction of sp³-hybridized carbons (Fsp3) is 0.432. The van der Waals surface area contributed by atoms with Crippen LogP contribution in [0.15, 0.2) is 85.1 Å². The predicted molar refractivity (Wildman–Crippen MR) is 211 cm³/mol. The minimum atomic E-state index is -1.16. The Morgan fingerprint density at radius 1 is 0.929 bits per heavy atom. The molecule has 3 aromatic carbocycles. The number of aromatic nitrogens is 1. The number of nitrogens with one attached hydrogen (secondary N) is 1. The second-order valence-electron chi connectivity index (χ2n) is 15.9. The van der Waals surface area contributed by atoms with Crippen LogP contribution in [0.1, 0.15) is 81.8 Å². The summed E-state index contributed by atoms with van der Waals surface area (Å²) in [6, 6.07) is 21.2. The number of hydrogen-bond donors (Lipinski definition) is 1. The third kappa shape index (κ3) is 10.2. The number of esters is 1. The molecule has 1 saturated carbocycles. The summed E-state index contributed by atoms with van der Waals surface area (Å²) >= 11 is 0. The first-order valence-corrected chi connectivity index (χ1v) is 19.1. The molecular formula is C44H53FN4O7. The Bertz CT molecular complexity index is 2000. The quantitative estimate of drug-likeness (QED) is 0.123. The van der Waals surface area contributed by atoms with Crippen molar-refractivity contribution in [3.63, 3.8) is 0 Å². The van der Waals surface area contributed by atoms with Crippen LogP contribution in [0, 0.1) is 11.7 Å². The molecule has 3 amide bonds. The van der Waals surface area contributed by atoms with Crippen LogP contribution in [0.25, 0.3) is 10.9 Å². The van der Waals surface area contributed by atoms with Gasteiger partial charge in [-0.2, -0.15) is 0 Å². The van der Waals surface area contributed by atoms with Crippen molar-refractivity contribution in [2.75, 3.05) is 20.7 Å². The molecule has 0 saturated heterocycles. The van der Waals surface area contributed by atoms with Gasteiger partial charge in [0.05, 0.1) is 17.8 Å². The lowest BCUT2D eigenvalue weighted by Gasteiger charge is -2.49. The first-order valence-electron chi connectivity index (χ1n) is 19.1. The van der Waals surface area contributed by atoms with Crippen LogP contribution in [0.4, 0.5) is 9.18 Å². The molecule has 5 rings (SSSR count). The number of nitrogens with zero attached hydrogens (tertiary/aromatic N) is 3. The summed E-state index contributed by atoms with van der Waals surface area (Å²) in [6.07, 6.45) is 3.12. The normalized spacial score (nSPS) is 14.6. The standard InChI is InChI=1S/C44H53FN4O7/c1-29(2)23-36(48(6)42(53)56-43(3,4)5)39(50)49(7)44(21-14-22-44)41(52)47-33(24-30-15-10-8-11-16-30)28-54-37-26-46-35-20-19-32(45)25-34(35)38(37)40(51)55-27-31-17-12-9-13-18-31/h8-13,15-20,25-26,29,33,36H,14,21-24,27-28H2,1-7H3,(H,47,52)/t33-,36+/m1/s1. The van der Waals surface area contributed by atoms with Crippen molar-refractivity contribution < 1.29 is 37.8 Å². The monoisotopic (exact) mass is 768 g/mol. The number of likely N-dealkylation sites (N-methyl/N-ethyl adjacent to an activating group) is 2. The molecule has 56 heavy (non-hydrogen) atoms. The first kappa shape index (κ1) is 41.6. The van der Waals surface area contributed by atoms with E-state index in [1.54, 1.807) is 34.9 Å². The smallest absolute Gasteiger partial charge is 0.410 e. The molecule has 1 fully saturated rings. The van der Waals surface area contributed by atoms with Crippen molar-refractivity contribution in [3.05, 3.63) is 108 Å². The van der Waals surface area contributed by atoms with E-state index in [0.29, 0.717) is 31.2 Å². The van der Waals surface area contributed by atoms with Crippen molar-refractivity contribution in [2.24, 2.45) is 5.92 Å². The molecule has 0 aliphatic heterocycles. The van der Waals surface area contributed by atoms with Gasteiger partial charge in [0, 0.05) is 19.5 Å². The fourth-order valence-corrected chi connectivity index (χ4v) is 6.82. The van der Waals surface area contributed by atoms with Crippen LogP contribution in [-0.4, -0.2) is 82.6 Å². The molecule has 2 atom stereocenters. The van der Waals surface area contributed by atoms with Gasteiger partial charge in [-0.3, -0.25) is 19.5 Å². The van der Waals surface area contributed by atoms with Gasteiger partial charge in [0.1, 0.15) is 41.8 Å². The molecular weight excluding hydrogens is 716 g/mol. The number of carbonyl (C=O) groups is 4. The summed E-state index contributed by atoms with van der Waals surface area (Å²) in [5.74, 6) is -1.84. The fourth-order valence-electron chi connectivity index (χ4n) is 6.82. The van der Waals surface area contributed by atoms with Gasteiger partial charge in [0.2, 0.25) is 11.8 Å². The van der Waals surface area contributed by atoms with Crippen molar-refractivity contribution >= 4 is 34.8 Å². The number of fused-ring (bicyclic) bond motifs is 1. The number of ether oxygens (including phenoxy) is 3. The number of carbonyl (C=O) groups excluding carboxylic acids is 4. The molecule has 1 heterocycles. The highest BCUT2D eigenvalue weighted by Crippen LogP contribution is 2.39. The Labute approximate surface area is 328 Å². The first-order chi connectivity index (χ1) is 26.6. The van der Waals surface area contributed by atoms with Crippen LogP contribution in [0.2, 0.25) is 0 Å². The van der Waals surface area contributed by atoms with Crippen LogP contribution in [-0.2, 0) is 32.1 Å². The topological polar surface area (TPSA) is 127 Å². The average molecular weight is 769 g/mol. The van der Waals surface area contributed by atoms with Crippen LogP contribution >= 0.6 is 0 Å². The van der Waals surface area contributed by atoms with E-state index >= 15 is 0 Å². The molecule has 1 aliphatic rings. The molecule has 0 unspecified atom stereocenters. The van der Waals surface area contributed by atoms with Crippen molar-refractivity contribution in [1.29, 1.82) is 0 Å². The molecule has 11 nitrogen and oxygen atoms in total. The molecule has 1 N–H and O–H groups in total. The van der Waals surface area contributed by atoms with Gasteiger partial charge in [0.25, 0.3) is 0 Å². The largest absolute Gasteiger partial charge is 0.489 e. The summed E-state index contributed by atoms with van der Waals surface area (Å²) in [5.41, 5.74) is 0.179. The van der Waals surface area contributed by atoms with Gasteiger partial charge >= 0.3 is 12.1 Å². The zero-order chi connectivity index (χ0) is 40.6. The van der Waals surface area contributed by atoms with Gasteiger partial charge < -0.3 is 24.4 Å². The van der Waals surface area contributed by atoms with Gasteiger partial charge in [0.15, 0.2) is 5.75 Å². The molecule has 4 aromatic rings. The number of amides is 3. The lowest BCUT2D eigenvalue weighted by molar-refractivity contribution is -0.155. The van der Waals surface area contributed by atoms with Crippen LogP contribution < -0.4 is 10.1 Å². The maximum atomic E-state index is 14.6. The number of pyridine rings is 1. The van der Waals surface area contributed by atoms with Crippen LogP contribution in [0.3, 0.4) is 0 Å². The van der Waals surface area contributed by atoms with Gasteiger partial charge in [-0.25, -0.2) is 14.0 Å². The number of benzene rings is 3. The molecule has 0 spiro atoms. The maximum Gasteiger partial charge on any atom is 0.410 e. The third-order valence-corrected chi connectivity index (χ3v) is 10.0. The van der Waals surface area contributed by atoms with E-state index in [1.165, 1.54) is 34.2 Å². The van der Waals surface area contributed by atoms with E-state index in [2.05, 4.69) is 10.3 Å². The Kier molecular flexibility index (Phi) is 13.4. The van der Waals surface area contributed by atoms with Gasteiger partial charge in [-0.15, -0.1) is 0 Å². The second-order valence-corrected chi connectivity index (χ2v) is 15.9. The van der Waals surface area contributed by atoms with E-state index in [0.717, 1.165) is 17.5 Å². The molecule has 0 radical (unpaired) electrons. The van der Waals surface area contributed by atoms with Crippen LogP contribution in [0.5, 0.6) is 5.75 Å². The molecule has 12 heteroatoms. The van der Waals surface area contributed by atoms with Gasteiger partial charge in [-0.1, -0.05) is 74.5 Å². The highest BCUT2D eigenvalue weighted by atomic mass is 19.1. The Hall–Kier alpha value is -5.52. The predicted octanol–water partition coefficient (Wildman–Crippen LogP) is 7.50. The molecule has 0 bridgehead atoms. The van der Waals surface area contributed by atoms with E-state index in [9.17, 15) is 23.6 Å². The number of halogens is 1. The highest BCUT2D eigenvalue weighted by molar-refractivity contribution is 6.06. The third-order valence-electron chi connectivity index (χ3n) is 10.0. The molecule has 298 valence electrons. The van der Waals surface area contributed by atoms with Crippen molar-refractivity contribution in [2.45, 2.75) is 96.6 Å². The van der Waals surface area contributed by atoms with E-state index in [-0.39, 0.29) is 47.6 Å². The summed E-state index contributed by atoms with van der Waals surface area (Å²) in [4.78, 5) is 62.8. The summed E-state index contributed by atoms with van der Waals surface area (Å²) in [5, 5.41) is 3.39. The zero-order valence-corrected chi connectivity index (χ0v) is 33.3. The summed E-state index contributed by atoms with van der Waals surface area (Å²) < 4.78 is 32.2. The lowest BCUT2D eigenvalue weighted by Crippen LogP contribution is -2.67. The maximum absolute atomic E-state index is 14.6. The molecule has 1 aliphatic carbocycles. The van der Waals surface area contributed by atoms with Crippen molar-refractivity contribution in [3.8, 4) is 5.75 Å². The number of rotatable bonds is 15. The Balaban J connectivity index is 1.40. The lowest BCUT2D eigenvalue weighted by atomic mass is 9.74. The summed E-state index contributed by atoms with van der Waals surface area (Å²) in [7, 11) is 3.17. The number of hydrogen-bond acceptors (Lipinski definition) is 8. The Morgan fingerprint density at radius 2 is 1.57 bits per heavy atom. The van der Waals surface area contributed by atoms with Gasteiger partial charge in [-0.05, 0) is 88.1 Å². The molecule has 1 aromatic heterocycles. The Morgan fingerprint density at radius 3 is 2.16 bits per heavy atom. The SMILES string of the molecule is CC(C)C[C@@H](C(=O)N(C)C1(C(=O)N[C@@H](COc2cnc3ccc(F)cc3c2C(=O)OCc2ccccc2)Cc2ccccc2)CCC1)N(C)C(=O)OC(C)(C)C. The summed E-state index contributed by atoms with van der Waals surface area (Å²) in [6.45, 7) is 9.14. The van der Waals surface area contributed by atoms with E-state index in [1.807, 2.05) is 74.5 Å². The van der Waals surface area contributed by atoms with E-state index < -0.39 is 41.1 Å². The minimum absolute atomic E-state index is 0.00908. The minimum Gasteiger partial charge on any atom is -0.489 e. The highest BCUT2D eigenvalue weighted by Gasteiger charge is 2.51. The van der Waals surface area contributed by atoms with E-state index in [4.69, 9.17) is 14.2 Å². The average Bonchev–Trinajstić information content (AvgIpc) is 3.13. The second kappa shape index (κ2) is 18.0. The van der Waals surface area contributed by atoms with Crippen molar-refractivity contribution in [1.82, 2.24) is 20.1 Å². The zero-order valence-electron chi connectivity index (χ0n) is 33.3.